The largest absolute Gasteiger partial charge is 0.359 e. The summed E-state index contributed by atoms with van der Waals surface area (Å²) in [6.07, 6.45) is 2.52. The number of methoxy groups -OCH3 is 1. The van der Waals surface area contributed by atoms with Gasteiger partial charge in [0.2, 0.25) is 5.62 Å². The van der Waals surface area contributed by atoms with Crippen LogP contribution in [0, 0.1) is 19.3 Å². The number of pyridine rings is 1. The van der Waals surface area contributed by atoms with Crippen LogP contribution < -0.4 is 5.62 Å². The van der Waals surface area contributed by atoms with Gasteiger partial charge in [0.15, 0.2) is 5.65 Å². The minimum Gasteiger partial charge on any atom is -0.359 e. The second-order valence-electron chi connectivity index (χ2n) is 8.62. The van der Waals surface area contributed by atoms with Gasteiger partial charge in [0.05, 0.1) is 24.2 Å². The van der Waals surface area contributed by atoms with Crippen LogP contribution in [-0.2, 0) is 15.9 Å². The molecule has 2 atom stereocenters. The summed E-state index contributed by atoms with van der Waals surface area (Å²) in [6.45, 7) is 6.94. The van der Waals surface area contributed by atoms with E-state index in [1.54, 1.807) is 13.3 Å². The fraction of sp³-hybridized carbons (Fsp3) is 0.333. The summed E-state index contributed by atoms with van der Waals surface area (Å²) in [4.78, 5) is 4.69. The maximum absolute atomic E-state index is 9.21. The van der Waals surface area contributed by atoms with Crippen LogP contribution in [-0.4, -0.2) is 34.6 Å². The molecule has 0 amide bonds. The van der Waals surface area contributed by atoms with Crippen molar-refractivity contribution < 1.29 is 9.47 Å². The van der Waals surface area contributed by atoms with E-state index in [-0.39, 0.29) is 35.9 Å². The third-order valence-electron chi connectivity index (χ3n) is 6.13. The maximum atomic E-state index is 9.21. The van der Waals surface area contributed by atoms with Crippen LogP contribution >= 0.6 is 17.0 Å². The molecular formula is C27H33BrN4O2. The van der Waals surface area contributed by atoms with E-state index >= 15 is 0 Å². The second-order valence-corrected chi connectivity index (χ2v) is 8.62. The lowest BCUT2D eigenvalue weighted by molar-refractivity contribution is -0.0416. The van der Waals surface area contributed by atoms with Crippen molar-refractivity contribution in [2.45, 2.75) is 39.3 Å². The summed E-state index contributed by atoms with van der Waals surface area (Å²) in [5.74, 6) is 0. The van der Waals surface area contributed by atoms with Gasteiger partial charge < -0.3 is 14.0 Å². The van der Waals surface area contributed by atoms with Gasteiger partial charge in [-0.25, -0.2) is 4.98 Å². The zero-order chi connectivity index (χ0) is 23.4. The molecule has 2 aromatic carbocycles. The van der Waals surface area contributed by atoms with Crippen LogP contribution in [0.3, 0.4) is 0 Å². The Bertz CT molecular complexity index is 1260. The van der Waals surface area contributed by atoms with E-state index in [0.29, 0.717) is 12.2 Å². The molecule has 0 radical (unpaired) electrons. The summed E-state index contributed by atoms with van der Waals surface area (Å²) in [5.41, 5.74) is 6.95. The molecule has 0 aliphatic heterocycles. The standard InChI is InChI=1S/C27H32N4O2.BrH/c1-19-7-11-22(12-8-19)16-24(17-33-18-32-4)31-26-25(6-5-15-29-26)30(27(31)28)21(3)23-13-9-20(2)10-14-23;/h5-15,21,24,28H,16-18H2,1-4H3;1H. The number of nitrogens with zero attached hydrogens (tertiary/aromatic N) is 3. The zero-order valence-electron chi connectivity index (χ0n) is 20.2. The van der Waals surface area contributed by atoms with Gasteiger partial charge in [-0.05, 0) is 50.5 Å². The molecule has 4 rings (SSSR count). The lowest BCUT2D eigenvalue weighted by Crippen LogP contribution is -2.32. The van der Waals surface area contributed by atoms with E-state index in [1.807, 2.05) is 16.7 Å². The molecule has 4 aromatic rings. The van der Waals surface area contributed by atoms with Crippen LogP contribution in [0.15, 0.2) is 66.9 Å². The Labute approximate surface area is 211 Å². The Hall–Kier alpha value is -2.74. The van der Waals surface area contributed by atoms with E-state index in [2.05, 4.69) is 73.9 Å². The quantitative estimate of drug-likeness (QED) is 0.231. The van der Waals surface area contributed by atoms with Crippen molar-refractivity contribution >= 4 is 28.1 Å². The van der Waals surface area contributed by atoms with Gasteiger partial charge in [0.25, 0.3) is 0 Å². The van der Waals surface area contributed by atoms with Gasteiger partial charge in [-0.3, -0.25) is 9.98 Å². The summed E-state index contributed by atoms with van der Waals surface area (Å²) >= 11 is 0. The first-order chi connectivity index (χ1) is 16.0. The Kier molecular flexibility index (Phi) is 8.83. The number of aryl methyl sites for hydroxylation is 2. The van der Waals surface area contributed by atoms with Gasteiger partial charge >= 0.3 is 0 Å². The van der Waals surface area contributed by atoms with Crippen molar-refractivity contribution in [3.05, 3.63) is 94.7 Å². The first-order valence-corrected chi connectivity index (χ1v) is 11.3. The monoisotopic (exact) mass is 524 g/mol. The number of benzene rings is 2. The van der Waals surface area contributed by atoms with Crippen LogP contribution in [0.2, 0.25) is 0 Å². The molecule has 1 N–H and O–H groups in total. The highest BCUT2D eigenvalue weighted by Gasteiger charge is 2.23. The smallest absolute Gasteiger partial charge is 0.205 e. The molecule has 0 spiro atoms. The number of hydrogen-bond acceptors (Lipinski definition) is 4. The summed E-state index contributed by atoms with van der Waals surface area (Å²) in [6, 6.07) is 20.9. The van der Waals surface area contributed by atoms with Crippen molar-refractivity contribution in [1.82, 2.24) is 14.1 Å². The van der Waals surface area contributed by atoms with Gasteiger partial charge in [0.1, 0.15) is 6.79 Å². The van der Waals surface area contributed by atoms with Gasteiger partial charge in [-0.2, -0.15) is 0 Å². The van der Waals surface area contributed by atoms with Crippen molar-refractivity contribution in [2.24, 2.45) is 0 Å². The number of imidazole rings is 1. The molecule has 34 heavy (non-hydrogen) atoms. The molecule has 0 saturated heterocycles. The molecule has 0 saturated carbocycles. The number of nitrogens with one attached hydrogen (secondary N) is 1. The third kappa shape index (κ3) is 5.49. The molecule has 6 nitrogen and oxygen atoms in total. The fourth-order valence-corrected chi connectivity index (χ4v) is 4.31. The average Bonchev–Trinajstić information content (AvgIpc) is 3.11. The van der Waals surface area contributed by atoms with E-state index in [9.17, 15) is 5.41 Å². The van der Waals surface area contributed by atoms with Crippen molar-refractivity contribution in [2.75, 3.05) is 20.5 Å². The highest BCUT2D eigenvalue weighted by Crippen LogP contribution is 2.25. The minimum absolute atomic E-state index is 0. The number of rotatable bonds is 9. The number of fused-ring (bicyclic) bond motifs is 1. The second kappa shape index (κ2) is 11.6. The highest BCUT2D eigenvalue weighted by molar-refractivity contribution is 8.93. The zero-order valence-corrected chi connectivity index (χ0v) is 21.9. The van der Waals surface area contributed by atoms with E-state index in [0.717, 1.165) is 23.1 Å². The molecule has 0 aliphatic rings. The number of hydrogen-bond donors (Lipinski definition) is 1. The van der Waals surface area contributed by atoms with E-state index < -0.39 is 0 Å². The van der Waals surface area contributed by atoms with Crippen molar-refractivity contribution in [3.63, 3.8) is 0 Å². The Balaban J connectivity index is 0.00000324. The molecule has 2 unspecified atom stereocenters. The summed E-state index contributed by atoms with van der Waals surface area (Å²) in [5, 5.41) is 9.21. The molecule has 0 fully saturated rings. The van der Waals surface area contributed by atoms with E-state index in [4.69, 9.17) is 14.5 Å². The molecule has 180 valence electrons. The number of ether oxygens (including phenoxy) is 2. The van der Waals surface area contributed by atoms with Crippen LogP contribution in [0.1, 0.15) is 41.3 Å². The van der Waals surface area contributed by atoms with E-state index in [1.165, 1.54) is 16.7 Å². The fourth-order valence-electron chi connectivity index (χ4n) is 4.31. The number of halogens is 1. The van der Waals surface area contributed by atoms with Gasteiger partial charge in [-0.1, -0.05) is 59.7 Å². The first kappa shape index (κ1) is 25.9. The maximum Gasteiger partial charge on any atom is 0.205 e. The minimum atomic E-state index is -0.0979. The molecule has 2 heterocycles. The topological polar surface area (TPSA) is 65.1 Å². The lowest BCUT2D eigenvalue weighted by atomic mass is 10.0. The molecular weight excluding hydrogens is 492 g/mol. The predicted octanol–water partition coefficient (Wildman–Crippen LogP) is 5.53. The Morgan fingerprint density at radius 2 is 1.59 bits per heavy atom. The molecule has 0 bridgehead atoms. The predicted molar refractivity (Wildman–Crippen MR) is 141 cm³/mol. The van der Waals surface area contributed by atoms with Gasteiger partial charge in [-0.15, -0.1) is 17.0 Å². The highest BCUT2D eigenvalue weighted by atomic mass is 79.9. The molecule has 0 aliphatic carbocycles. The average molecular weight is 525 g/mol. The molecule has 2 aromatic heterocycles. The van der Waals surface area contributed by atoms with Crippen LogP contribution in [0.4, 0.5) is 0 Å². The van der Waals surface area contributed by atoms with Crippen LogP contribution in [0.5, 0.6) is 0 Å². The summed E-state index contributed by atoms with van der Waals surface area (Å²) < 4.78 is 15.0. The lowest BCUT2D eigenvalue weighted by Gasteiger charge is -2.20. The number of aromatic nitrogens is 3. The molecule has 7 heteroatoms. The summed E-state index contributed by atoms with van der Waals surface area (Å²) in [7, 11) is 1.62. The van der Waals surface area contributed by atoms with Crippen LogP contribution in [0.25, 0.3) is 11.2 Å². The van der Waals surface area contributed by atoms with Gasteiger partial charge in [0, 0.05) is 13.3 Å². The first-order valence-electron chi connectivity index (χ1n) is 11.3. The SMILES string of the molecule is Br.COCOCC(Cc1ccc(C)cc1)n1c(=N)n(C(C)c2ccc(C)cc2)c2cccnc21. The Morgan fingerprint density at radius 1 is 0.941 bits per heavy atom. The van der Waals surface area contributed by atoms with Crippen molar-refractivity contribution in [3.8, 4) is 0 Å². The Morgan fingerprint density at radius 3 is 2.24 bits per heavy atom. The normalized spacial score (nSPS) is 12.9. The third-order valence-corrected chi connectivity index (χ3v) is 6.13. The van der Waals surface area contributed by atoms with Crippen molar-refractivity contribution in [1.29, 1.82) is 5.41 Å².